The number of carboxylic acids is 1. The fourth-order valence-corrected chi connectivity index (χ4v) is 2.08. The minimum absolute atomic E-state index is 0.0622. The summed E-state index contributed by atoms with van der Waals surface area (Å²) >= 11 is 0. The van der Waals surface area contributed by atoms with Crippen molar-refractivity contribution in [3.8, 4) is 0 Å². The van der Waals surface area contributed by atoms with Gasteiger partial charge in [-0.05, 0) is 19.8 Å². The van der Waals surface area contributed by atoms with E-state index in [1.807, 2.05) is 16.7 Å². The van der Waals surface area contributed by atoms with E-state index >= 15 is 0 Å². The van der Waals surface area contributed by atoms with E-state index < -0.39 is 5.97 Å². The number of carbonyl (C=O) groups excluding carboxylic acids is 1. The van der Waals surface area contributed by atoms with Crippen molar-refractivity contribution >= 4 is 11.9 Å². The van der Waals surface area contributed by atoms with Gasteiger partial charge in [-0.1, -0.05) is 0 Å². The number of hydrogen-bond donors (Lipinski definition) is 2. The molecule has 6 heteroatoms. The predicted molar refractivity (Wildman–Crippen MR) is 68.2 cm³/mol. The lowest BCUT2D eigenvalue weighted by Gasteiger charge is -2.33. The van der Waals surface area contributed by atoms with Gasteiger partial charge in [-0.2, -0.15) is 0 Å². The van der Waals surface area contributed by atoms with Crippen LogP contribution >= 0.6 is 0 Å². The van der Waals surface area contributed by atoms with Crippen LogP contribution in [0.2, 0.25) is 0 Å². The van der Waals surface area contributed by atoms with Crippen LogP contribution < -0.4 is 5.73 Å². The van der Waals surface area contributed by atoms with E-state index in [-0.39, 0.29) is 18.5 Å². The largest absolute Gasteiger partial charge is 0.480 e. The Balaban J connectivity index is 2.21. The number of piperazine rings is 1. The van der Waals surface area contributed by atoms with Crippen molar-refractivity contribution in [3.63, 3.8) is 0 Å². The van der Waals surface area contributed by atoms with Crippen LogP contribution in [-0.2, 0) is 9.59 Å². The molecule has 0 spiro atoms. The number of carboxylic acid groups (broad SMARTS) is 1. The van der Waals surface area contributed by atoms with Crippen molar-refractivity contribution < 1.29 is 14.7 Å². The van der Waals surface area contributed by atoms with Gasteiger partial charge in [0.05, 0.1) is 6.54 Å². The molecule has 1 atom stereocenters. The molecule has 1 heterocycles. The molecule has 0 radical (unpaired) electrons. The molecular weight excluding hydrogens is 234 g/mol. The van der Waals surface area contributed by atoms with Gasteiger partial charge in [0.25, 0.3) is 0 Å². The van der Waals surface area contributed by atoms with Gasteiger partial charge in [-0.15, -0.1) is 0 Å². The average Bonchev–Trinajstić information content (AvgIpc) is 2.28. The van der Waals surface area contributed by atoms with Crippen molar-refractivity contribution in [2.75, 3.05) is 32.7 Å². The first-order valence-corrected chi connectivity index (χ1v) is 6.46. The third-order valence-electron chi connectivity index (χ3n) is 3.13. The summed E-state index contributed by atoms with van der Waals surface area (Å²) < 4.78 is 0. The standard InChI is InChI=1S/C12H23N3O3/c1-10(13)3-2-4-11(16)15-7-5-14(6-8-15)9-12(17)18/h10H,2-9,13H2,1H3,(H,17,18). The number of carbonyl (C=O) groups is 2. The summed E-state index contributed by atoms with van der Waals surface area (Å²) in [5, 5.41) is 8.67. The molecule has 1 aliphatic heterocycles. The van der Waals surface area contributed by atoms with Crippen LogP contribution in [0.4, 0.5) is 0 Å². The number of aliphatic carboxylic acids is 1. The van der Waals surface area contributed by atoms with Crippen molar-refractivity contribution in [1.29, 1.82) is 0 Å². The number of hydrogen-bond acceptors (Lipinski definition) is 4. The van der Waals surface area contributed by atoms with E-state index in [1.165, 1.54) is 0 Å². The van der Waals surface area contributed by atoms with E-state index in [0.29, 0.717) is 32.6 Å². The van der Waals surface area contributed by atoms with E-state index in [1.54, 1.807) is 0 Å². The zero-order valence-electron chi connectivity index (χ0n) is 11.0. The highest BCUT2D eigenvalue weighted by Gasteiger charge is 2.21. The van der Waals surface area contributed by atoms with Gasteiger partial charge in [0, 0.05) is 38.6 Å². The van der Waals surface area contributed by atoms with Gasteiger partial charge in [-0.3, -0.25) is 14.5 Å². The quantitative estimate of drug-likeness (QED) is 0.684. The normalized spacial score (nSPS) is 18.7. The summed E-state index contributed by atoms with van der Waals surface area (Å²) in [6.45, 7) is 4.55. The Kier molecular flexibility index (Phi) is 6.07. The summed E-state index contributed by atoms with van der Waals surface area (Å²) in [5.74, 6) is -0.655. The third kappa shape index (κ3) is 5.46. The van der Waals surface area contributed by atoms with Crippen LogP contribution in [-0.4, -0.2) is 65.5 Å². The van der Waals surface area contributed by atoms with Crippen molar-refractivity contribution in [1.82, 2.24) is 9.80 Å². The van der Waals surface area contributed by atoms with Crippen LogP contribution in [0.3, 0.4) is 0 Å². The second kappa shape index (κ2) is 7.33. The Hall–Kier alpha value is -1.14. The van der Waals surface area contributed by atoms with Gasteiger partial charge in [-0.25, -0.2) is 0 Å². The van der Waals surface area contributed by atoms with Gasteiger partial charge >= 0.3 is 5.97 Å². The maximum atomic E-state index is 11.9. The van der Waals surface area contributed by atoms with Gasteiger partial charge in [0.2, 0.25) is 5.91 Å². The third-order valence-corrected chi connectivity index (χ3v) is 3.13. The molecule has 1 saturated heterocycles. The Labute approximate surface area is 108 Å². The first-order chi connectivity index (χ1) is 8.49. The lowest BCUT2D eigenvalue weighted by atomic mass is 10.1. The van der Waals surface area contributed by atoms with Crippen molar-refractivity contribution in [3.05, 3.63) is 0 Å². The molecule has 1 fully saturated rings. The second-order valence-electron chi connectivity index (χ2n) is 4.92. The second-order valence-corrected chi connectivity index (χ2v) is 4.92. The van der Waals surface area contributed by atoms with Crippen molar-refractivity contribution in [2.24, 2.45) is 5.73 Å². The maximum absolute atomic E-state index is 11.9. The Bertz CT molecular complexity index is 286. The van der Waals surface area contributed by atoms with Gasteiger partial charge in [0.1, 0.15) is 0 Å². The zero-order valence-corrected chi connectivity index (χ0v) is 11.0. The molecule has 3 N–H and O–H groups in total. The van der Waals surface area contributed by atoms with E-state index in [2.05, 4.69) is 0 Å². The molecule has 0 aromatic rings. The summed E-state index contributed by atoms with van der Waals surface area (Å²) in [6, 6.07) is 0.144. The SMILES string of the molecule is CC(N)CCCC(=O)N1CCN(CC(=O)O)CC1. The van der Waals surface area contributed by atoms with Gasteiger partial charge in [0.15, 0.2) is 0 Å². The molecule has 1 amide bonds. The molecule has 0 aromatic heterocycles. The molecular formula is C12H23N3O3. The van der Waals surface area contributed by atoms with Crippen LogP contribution in [0, 0.1) is 0 Å². The molecule has 0 bridgehead atoms. The number of amides is 1. The zero-order chi connectivity index (χ0) is 13.5. The minimum Gasteiger partial charge on any atom is -0.480 e. The first-order valence-electron chi connectivity index (χ1n) is 6.46. The molecule has 1 aliphatic rings. The molecule has 1 rings (SSSR count). The van der Waals surface area contributed by atoms with E-state index in [9.17, 15) is 9.59 Å². The first kappa shape index (κ1) is 14.9. The van der Waals surface area contributed by atoms with Crippen LogP contribution in [0.15, 0.2) is 0 Å². The summed E-state index contributed by atoms with van der Waals surface area (Å²) in [5.41, 5.74) is 5.63. The Morgan fingerprint density at radius 2 is 1.89 bits per heavy atom. The van der Waals surface area contributed by atoms with Gasteiger partial charge < -0.3 is 15.7 Å². The molecule has 0 aromatic carbocycles. The van der Waals surface area contributed by atoms with Crippen LogP contribution in [0.1, 0.15) is 26.2 Å². The van der Waals surface area contributed by atoms with E-state index in [0.717, 1.165) is 12.8 Å². The summed E-state index contributed by atoms with van der Waals surface area (Å²) in [7, 11) is 0. The topological polar surface area (TPSA) is 86.9 Å². The maximum Gasteiger partial charge on any atom is 0.317 e. The summed E-state index contributed by atoms with van der Waals surface area (Å²) in [4.78, 5) is 26.1. The monoisotopic (exact) mass is 257 g/mol. The lowest BCUT2D eigenvalue weighted by Crippen LogP contribution is -2.49. The highest BCUT2D eigenvalue weighted by Crippen LogP contribution is 2.07. The molecule has 104 valence electrons. The highest BCUT2D eigenvalue weighted by atomic mass is 16.4. The number of nitrogens with zero attached hydrogens (tertiary/aromatic N) is 2. The fraction of sp³-hybridized carbons (Fsp3) is 0.833. The van der Waals surface area contributed by atoms with Crippen molar-refractivity contribution in [2.45, 2.75) is 32.2 Å². The molecule has 18 heavy (non-hydrogen) atoms. The molecule has 6 nitrogen and oxygen atoms in total. The summed E-state index contributed by atoms with van der Waals surface area (Å²) in [6.07, 6.45) is 2.23. The number of rotatable bonds is 6. The van der Waals surface area contributed by atoms with Crippen LogP contribution in [0.25, 0.3) is 0 Å². The Morgan fingerprint density at radius 1 is 1.28 bits per heavy atom. The molecule has 0 aliphatic carbocycles. The Morgan fingerprint density at radius 3 is 2.39 bits per heavy atom. The predicted octanol–water partition coefficient (Wildman–Crippen LogP) is -0.267. The fourth-order valence-electron chi connectivity index (χ4n) is 2.08. The van der Waals surface area contributed by atoms with E-state index in [4.69, 9.17) is 10.8 Å². The minimum atomic E-state index is -0.813. The number of nitrogens with two attached hydrogens (primary N) is 1. The highest BCUT2D eigenvalue weighted by molar-refractivity contribution is 5.76. The lowest BCUT2D eigenvalue weighted by molar-refractivity contribution is -0.139. The average molecular weight is 257 g/mol. The molecule has 0 saturated carbocycles. The molecule has 1 unspecified atom stereocenters. The van der Waals surface area contributed by atoms with Crippen LogP contribution in [0.5, 0.6) is 0 Å². The smallest absolute Gasteiger partial charge is 0.317 e.